The van der Waals surface area contributed by atoms with Crippen molar-refractivity contribution in [3.05, 3.63) is 35.6 Å². The van der Waals surface area contributed by atoms with Crippen LogP contribution >= 0.6 is 0 Å². The van der Waals surface area contributed by atoms with Gasteiger partial charge in [0.2, 0.25) is 0 Å². The monoisotopic (exact) mass is 251 g/mol. The van der Waals surface area contributed by atoms with Gasteiger partial charge in [0.05, 0.1) is 0 Å². The van der Waals surface area contributed by atoms with Crippen molar-refractivity contribution in [1.82, 2.24) is 5.32 Å². The summed E-state index contributed by atoms with van der Waals surface area (Å²) < 4.78 is 13.0. The van der Waals surface area contributed by atoms with E-state index >= 15 is 0 Å². The standard InChI is InChI=1S/C16H26FN/c1-3-4-5-6-7-9-14(2)18-13-15-10-8-11-16(17)12-15/h8,10-12,14,18H,3-7,9,13H2,1-2H3. The lowest BCUT2D eigenvalue weighted by Crippen LogP contribution is -2.25. The topological polar surface area (TPSA) is 12.0 Å². The molecule has 0 saturated carbocycles. The van der Waals surface area contributed by atoms with Crippen LogP contribution in [0.15, 0.2) is 24.3 Å². The summed E-state index contributed by atoms with van der Waals surface area (Å²) in [6.45, 7) is 5.20. The second-order valence-electron chi connectivity index (χ2n) is 5.11. The molecule has 18 heavy (non-hydrogen) atoms. The highest BCUT2D eigenvalue weighted by Crippen LogP contribution is 2.08. The first kappa shape index (κ1) is 15.2. The maximum atomic E-state index is 13.0. The molecule has 1 N–H and O–H groups in total. The van der Waals surface area contributed by atoms with Crippen molar-refractivity contribution in [1.29, 1.82) is 0 Å². The number of unbranched alkanes of at least 4 members (excludes halogenated alkanes) is 4. The zero-order chi connectivity index (χ0) is 13.2. The molecule has 0 heterocycles. The number of benzene rings is 1. The van der Waals surface area contributed by atoms with Crippen LogP contribution in [0.5, 0.6) is 0 Å². The van der Waals surface area contributed by atoms with Gasteiger partial charge in [0, 0.05) is 12.6 Å². The van der Waals surface area contributed by atoms with Gasteiger partial charge < -0.3 is 5.32 Å². The van der Waals surface area contributed by atoms with Gasteiger partial charge in [-0.15, -0.1) is 0 Å². The molecule has 102 valence electrons. The number of halogens is 1. The largest absolute Gasteiger partial charge is 0.310 e. The van der Waals surface area contributed by atoms with Crippen molar-refractivity contribution in [2.45, 2.75) is 65.0 Å². The molecule has 1 aromatic carbocycles. The molecule has 0 radical (unpaired) electrons. The molecule has 0 aromatic heterocycles. The van der Waals surface area contributed by atoms with E-state index in [1.807, 2.05) is 6.07 Å². The van der Waals surface area contributed by atoms with Crippen molar-refractivity contribution in [2.75, 3.05) is 0 Å². The fraction of sp³-hybridized carbons (Fsp3) is 0.625. The molecule has 0 saturated heterocycles. The Kier molecular flexibility index (Phi) is 7.66. The molecule has 0 spiro atoms. The predicted octanol–water partition coefficient (Wildman–Crippen LogP) is 4.66. The molecule has 0 bridgehead atoms. The molecule has 1 rings (SSSR count). The smallest absolute Gasteiger partial charge is 0.123 e. The van der Waals surface area contributed by atoms with Crippen LogP contribution in [-0.4, -0.2) is 6.04 Å². The Bertz CT molecular complexity index is 325. The van der Waals surface area contributed by atoms with E-state index in [2.05, 4.69) is 19.2 Å². The molecule has 0 amide bonds. The van der Waals surface area contributed by atoms with E-state index < -0.39 is 0 Å². The van der Waals surface area contributed by atoms with Crippen molar-refractivity contribution in [2.24, 2.45) is 0 Å². The molecule has 2 heteroatoms. The maximum absolute atomic E-state index is 13.0. The third kappa shape index (κ3) is 6.75. The van der Waals surface area contributed by atoms with Crippen LogP contribution in [-0.2, 0) is 6.54 Å². The zero-order valence-corrected chi connectivity index (χ0v) is 11.7. The van der Waals surface area contributed by atoms with E-state index in [1.54, 1.807) is 12.1 Å². The first-order valence-corrected chi connectivity index (χ1v) is 7.20. The Morgan fingerprint density at radius 1 is 1.17 bits per heavy atom. The van der Waals surface area contributed by atoms with Gasteiger partial charge in [0.25, 0.3) is 0 Å². The summed E-state index contributed by atoms with van der Waals surface area (Å²) in [7, 11) is 0. The minimum absolute atomic E-state index is 0.151. The average Bonchev–Trinajstić information content (AvgIpc) is 2.36. The van der Waals surface area contributed by atoms with Crippen LogP contribution < -0.4 is 5.32 Å². The highest BCUT2D eigenvalue weighted by Gasteiger charge is 2.02. The SMILES string of the molecule is CCCCCCCC(C)NCc1cccc(F)c1. The van der Waals surface area contributed by atoms with Gasteiger partial charge in [-0.2, -0.15) is 0 Å². The first-order chi connectivity index (χ1) is 8.72. The van der Waals surface area contributed by atoms with E-state index in [0.29, 0.717) is 6.04 Å². The number of hydrogen-bond donors (Lipinski definition) is 1. The number of rotatable bonds is 9. The van der Waals surface area contributed by atoms with E-state index in [0.717, 1.165) is 12.1 Å². The molecule has 0 aliphatic heterocycles. The van der Waals surface area contributed by atoms with Gasteiger partial charge in [0.1, 0.15) is 5.82 Å². The summed E-state index contributed by atoms with van der Waals surface area (Å²) in [6.07, 6.45) is 7.84. The summed E-state index contributed by atoms with van der Waals surface area (Å²) in [5, 5.41) is 3.45. The minimum Gasteiger partial charge on any atom is -0.310 e. The summed E-state index contributed by atoms with van der Waals surface area (Å²) in [5.74, 6) is -0.151. The summed E-state index contributed by atoms with van der Waals surface area (Å²) in [5.41, 5.74) is 1.02. The lowest BCUT2D eigenvalue weighted by Gasteiger charge is -2.13. The van der Waals surface area contributed by atoms with Crippen LogP contribution in [0.3, 0.4) is 0 Å². The van der Waals surface area contributed by atoms with Gasteiger partial charge >= 0.3 is 0 Å². The second kappa shape index (κ2) is 9.09. The van der Waals surface area contributed by atoms with Crippen molar-refractivity contribution < 1.29 is 4.39 Å². The molecule has 1 aromatic rings. The lowest BCUT2D eigenvalue weighted by molar-refractivity contribution is 0.479. The fourth-order valence-electron chi connectivity index (χ4n) is 2.10. The van der Waals surface area contributed by atoms with Gasteiger partial charge in [-0.1, -0.05) is 51.2 Å². The summed E-state index contributed by atoms with van der Waals surface area (Å²) >= 11 is 0. The molecule has 0 fully saturated rings. The molecular formula is C16H26FN. The van der Waals surface area contributed by atoms with Crippen LogP contribution in [0.4, 0.5) is 4.39 Å². The molecular weight excluding hydrogens is 225 g/mol. The number of nitrogens with one attached hydrogen (secondary N) is 1. The zero-order valence-electron chi connectivity index (χ0n) is 11.7. The number of hydrogen-bond acceptors (Lipinski definition) is 1. The average molecular weight is 251 g/mol. The summed E-state index contributed by atoms with van der Waals surface area (Å²) in [6, 6.07) is 7.32. The molecule has 1 nitrogen and oxygen atoms in total. The fourth-order valence-corrected chi connectivity index (χ4v) is 2.10. The van der Waals surface area contributed by atoms with Gasteiger partial charge in [-0.25, -0.2) is 4.39 Å². The Morgan fingerprint density at radius 3 is 2.67 bits per heavy atom. The van der Waals surface area contributed by atoms with Gasteiger partial charge in [-0.05, 0) is 31.0 Å². The maximum Gasteiger partial charge on any atom is 0.123 e. The van der Waals surface area contributed by atoms with Crippen LogP contribution in [0.2, 0.25) is 0 Å². The normalized spacial score (nSPS) is 12.6. The quantitative estimate of drug-likeness (QED) is 0.629. The van der Waals surface area contributed by atoms with Crippen LogP contribution in [0, 0.1) is 5.82 Å². The van der Waals surface area contributed by atoms with Crippen molar-refractivity contribution >= 4 is 0 Å². The van der Waals surface area contributed by atoms with Gasteiger partial charge in [0.15, 0.2) is 0 Å². The Labute approximate surface area is 111 Å². The summed E-state index contributed by atoms with van der Waals surface area (Å²) in [4.78, 5) is 0. The van der Waals surface area contributed by atoms with E-state index in [1.165, 1.54) is 44.6 Å². The van der Waals surface area contributed by atoms with Crippen molar-refractivity contribution in [3.8, 4) is 0 Å². The Hall–Kier alpha value is -0.890. The molecule has 0 aliphatic carbocycles. The highest BCUT2D eigenvalue weighted by molar-refractivity contribution is 5.15. The van der Waals surface area contributed by atoms with E-state index in [9.17, 15) is 4.39 Å². The highest BCUT2D eigenvalue weighted by atomic mass is 19.1. The third-order valence-electron chi connectivity index (χ3n) is 3.28. The van der Waals surface area contributed by atoms with Crippen LogP contribution in [0.25, 0.3) is 0 Å². The molecule has 1 unspecified atom stereocenters. The van der Waals surface area contributed by atoms with Crippen LogP contribution in [0.1, 0.15) is 57.9 Å². The third-order valence-corrected chi connectivity index (χ3v) is 3.28. The molecule has 0 aliphatic rings. The predicted molar refractivity (Wildman–Crippen MR) is 76.1 cm³/mol. The van der Waals surface area contributed by atoms with Crippen molar-refractivity contribution in [3.63, 3.8) is 0 Å². The first-order valence-electron chi connectivity index (χ1n) is 7.20. The van der Waals surface area contributed by atoms with Gasteiger partial charge in [-0.3, -0.25) is 0 Å². The van der Waals surface area contributed by atoms with E-state index in [-0.39, 0.29) is 5.82 Å². The molecule has 1 atom stereocenters. The Morgan fingerprint density at radius 2 is 1.94 bits per heavy atom. The second-order valence-corrected chi connectivity index (χ2v) is 5.11. The minimum atomic E-state index is -0.151. The van der Waals surface area contributed by atoms with E-state index in [4.69, 9.17) is 0 Å². The Balaban J connectivity index is 2.11. The lowest BCUT2D eigenvalue weighted by atomic mass is 10.1.